The molecular weight excluding hydrogens is 384 g/mol. The third-order valence-electron chi connectivity index (χ3n) is 8.25. The minimum atomic E-state index is -0.683. The maximum Gasteiger partial charge on any atom is 0.334 e. The molecule has 3 fully saturated rings. The molecule has 5 aliphatic rings. The highest BCUT2D eigenvalue weighted by molar-refractivity contribution is 5.92. The Morgan fingerprint density at radius 1 is 1.17 bits per heavy atom. The smallest absolute Gasteiger partial charge is 0.334 e. The molecule has 6 heteroatoms. The fraction of sp³-hybridized carbons (Fsp3) is 0.875. The Balaban J connectivity index is 0.000000607. The van der Waals surface area contributed by atoms with Crippen molar-refractivity contribution in [2.24, 2.45) is 23.2 Å². The van der Waals surface area contributed by atoms with Gasteiger partial charge in [-0.05, 0) is 43.6 Å². The van der Waals surface area contributed by atoms with E-state index in [9.17, 15) is 9.90 Å². The Labute approximate surface area is 182 Å². The second-order valence-corrected chi connectivity index (χ2v) is 9.40. The van der Waals surface area contributed by atoms with Gasteiger partial charge in [-0.3, -0.25) is 0 Å². The van der Waals surface area contributed by atoms with E-state index in [0.29, 0.717) is 19.1 Å². The van der Waals surface area contributed by atoms with Crippen molar-refractivity contribution < 1.29 is 29.2 Å². The number of fused-ring (bicyclic) bond motifs is 2. The molecule has 0 aromatic rings. The van der Waals surface area contributed by atoms with E-state index < -0.39 is 17.3 Å². The number of rotatable bonds is 1. The zero-order valence-electron chi connectivity index (χ0n) is 18.9. The summed E-state index contributed by atoms with van der Waals surface area (Å²) >= 11 is 0. The SMILES string of the molecule is C.CC.CC(C)C1C[C@@H]2O[C@]23C(C)(OCC2C4=C(CC[C@@]23C)C(=O)OC4)C1O.CO. The summed E-state index contributed by atoms with van der Waals surface area (Å²) in [4.78, 5) is 12.0. The molecule has 2 aliphatic carbocycles. The molecule has 0 radical (unpaired) electrons. The topological polar surface area (TPSA) is 88.5 Å². The van der Waals surface area contributed by atoms with Gasteiger partial charge in [0.25, 0.3) is 0 Å². The van der Waals surface area contributed by atoms with Crippen LogP contribution in [0.3, 0.4) is 0 Å². The van der Waals surface area contributed by atoms with Crippen molar-refractivity contribution in [2.45, 2.75) is 91.6 Å². The summed E-state index contributed by atoms with van der Waals surface area (Å²) in [5.74, 6) is 0.577. The summed E-state index contributed by atoms with van der Waals surface area (Å²) in [5, 5.41) is 18.2. The minimum absolute atomic E-state index is 0. The molecule has 2 N–H and O–H groups in total. The molecule has 1 saturated carbocycles. The molecular formula is C24H42O6. The van der Waals surface area contributed by atoms with Gasteiger partial charge in [-0.25, -0.2) is 4.79 Å². The average molecular weight is 427 g/mol. The lowest BCUT2D eigenvalue weighted by atomic mass is 9.49. The number of carbonyl (C=O) groups is 1. The second kappa shape index (κ2) is 8.53. The molecule has 4 unspecified atom stereocenters. The average Bonchev–Trinajstić information content (AvgIpc) is 3.37. The van der Waals surface area contributed by atoms with Crippen LogP contribution in [0.25, 0.3) is 0 Å². The van der Waals surface area contributed by atoms with Crippen molar-refractivity contribution in [2.75, 3.05) is 20.3 Å². The Morgan fingerprint density at radius 3 is 2.40 bits per heavy atom. The van der Waals surface area contributed by atoms with E-state index in [1.165, 1.54) is 0 Å². The monoisotopic (exact) mass is 426 g/mol. The van der Waals surface area contributed by atoms with E-state index in [1.807, 2.05) is 20.8 Å². The number of aliphatic hydroxyl groups is 2. The first-order valence-electron chi connectivity index (χ1n) is 11.1. The predicted octanol–water partition coefficient (Wildman–Crippen LogP) is 3.49. The molecule has 6 nitrogen and oxygen atoms in total. The highest BCUT2D eigenvalue weighted by Crippen LogP contribution is 2.72. The maximum atomic E-state index is 12.0. The number of ether oxygens (including phenoxy) is 3. The van der Waals surface area contributed by atoms with Gasteiger partial charge in [0.1, 0.15) is 17.8 Å². The molecule has 5 rings (SSSR count). The van der Waals surface area contributed by atoms with Gasteiger partial charge in [-0.1, -0.05) is 42.0 Å². The fourth-order valence-electron chi connectivity index (χ4n) is 6.70. The lowest BCUT2D eigenvalue weighted by Crippen LogP contribution is -2.72. The lowest BCUT2D eigenvalue weighted by molar-refractivity contribution is -0.255. The zero-order chi connectivity index (χ0) is 21.8. The molecule has 0 aromatic heterocycles. The first-order chi connectivity index (χ1) is 13.8. The summed E-state index contributed by atoms with van der Waals surface area (Å²) in [6, 6.07) is 0. The third kappa shape index (κ3) is 2.94. The van der Waals surface area contributed by atoms with Crippen molar-refractivity contribution in [3.8, 4) is 0 Å². The molecule has 0 aromatic carbocycles. The molecule has 7 atom stereocenters. The molecule has 0 bridgehead atoms. The van der Waals surface area contributed by atoms with Crippen LogP contribution >= 0.6 is 0 Å². The number of hydrogen-bond donors (Lipinski definition) is 2. The maximum absolute atomic E-state index is 12.0. The molecule has 3 aliphatic heterocycles. The number of aliphatic hydroxyl groups excluding tert-OH is 2. The second-order valence-electron chi connectivity index (χ2n) is 9.40. The summed E-state index contributed by atoms with van der Waals surface area (Å²) in [6.07, 6.45) is 2.14. The number of epoxide rings is 1. The largest absolute Gasteiger partial charge is 0.458 e. The zero-order valence-corrected chi connectivity index (χ0v) is 18.9. The van der Waals surface area contributed by atoms with Gasteiger partial charge in [0.2, 0.25) is 0 Å². The summed E-state index contributed by atoms with van der Waals surface area (Å²) in [5.41, 5.74) is 0.722. The van der Waals surface area contributed by atoms with E-state index in [-0.39, 0.29) is 36.8 Å². The molecule has 174 valence electrons. The van der Waals surface area contributed by atoms with Crippen molar-refractivity contribution in [3.05, 3.63) is 11.1 Å². The van der Waals surface area contributed by atoms with Crippen LogP contribution in [0.15, 0.2) is 11.1 Å². The van der Waals surface area contributed by atoms with Gasteiger partial charge >= 0.3 is 5.97 Å². The van der Waals surface area contributed by atoms with E-state index in [1.54, 1.807) is 0 Å². The fourth-order valence-corrected chi connectivity index (χ4v) is 6.70. The van der Waals surface area contributed by atoms with Crippen LogP contribution in [0, 0.1) is 23.2 Å². The van der Waals surface area contributed by atoms with Crippen LogP contribution in [-0.2, 0) is 19.0 Å². The van der Waals surface area contributed by atoms with Crippen LogP contribution < -0.4 is 0 Å². The number of carbonyl (C=O) groups excluding carboxylic acids is 1. The first-order valence-corrected chi connectivity index (χ1v) is 11.1. The molecule has 0 amide bonds. The van der Waals surface area contributed by atoms with Crippen LogP contribution in [0.2, 0.25) is 0 Å². The van der Waals surface area contributed by atoms with Crippen molar-refractivity contribution in [1.82, 2.24) is 0 Å². The van der Waals surface area contributed by atoms with Gasteiger partial charge in [-0.15, -0.1) is 0 Å². The molecule has 3 heterocycles. The van der Waals surface area contributed by atoms with E-state index >= 15 is 0 Å². The Morgan fingerprint density at radius 2 is 1.80 bits per heavy atom. The van der Waals surface area contributed by atoms with Crippen LogP contribution in [0.5, 0.6) is 0 Å². The van der Waals surface area contributed by atoms with Crippen molar-refractivity contribution in [1.29, 1.82) is 0 Å². The normalized spacial score (nSPS) is 45.2. The number of cyclic esters (lactones) is 1. The van der Waals surface area contributed by atoms with E-state index in [4.69, 9.17) is 19.3 Å². The highest BCUT2D eigenvalue weighted by Gasteiger charge is 2.83. The lowest BCUT2D eigenvalue weighted by Gasteiger charge is -2.60. The van der Waals surface area contributed by atoms with Gasteiger partial charge in [0.15, 0.2) is 0 Å². The van der Waals surface area contributed by atoms with Gasteiger partial charge < -0.3 is 24.4 Å². The van der Waals surface area contributed by atoms with Crippen molar-refractivity contribution >= 4 is 5.97 Å². The van der Waals surface area contributed by atoms with Gasteiger partial charge in [-0.2, -0.15) is 0 Å². The predicted molar refractivity (Wildman–Crippen MR) is 116 cm³/mol. The van der Waals surface area contributed by atoms with E-state index in [2.05, 4.69) is 20.8 Å². The summed E-state index contributed by atoms with van der Waals surface area (Å²) in [6.45, 7) is 13.6. The molecule has 30 heavy (non-hydrogen) atoms. The Kier molecular flexibility index (Phi) is 7.20. The minimum Gasteiger partial charge on any atom is -0.458 e. The summed E-state index contributed by atoms with van der Waals surface area (Å²) in [7, 11) is 1.00. The number of hydrogen-bond acceptors (Lipinski definition) is 6. The summed E-state index contributed by atoms with van der Waals surface area (Å²) < 4.78 is 18.2. The van der Waals surface area contributed by atoms with Crippen LogP contribution in [-0.4, -0.2) is 59.9 Å². The first kappa shape index (κ1) is 25.3. The molecule has 1 spiro atoms. The quantitative estimate of drug-likeness (QED) is 0.493. The van der Waals surface area contributed by atoms with Crippen molar-refractivity contribution in [3.63, 3.8) is 0 Å². The Hall–Kier alpha value is -0.950. The third-order valence-corrected chi connectivity index (χ3v) is 8.25. The highest BCUT2D eigenvalue weighted by atomic mass is 16.7. The molecule has 2 saturated heterocycles. The standard InChI is InChI=1S/C20H28O5.C2H6.CH4O.CH4/c1-10(2)12-7-15-20(25-15)18(3)6-5-11-13(8-23-17(11)22)14(18)9-24-19(20,4)16(12)21;2*1-2;/h10,12,14-16,21H,5-9H2,1-4H3;1-2H3;2H,1H3;1H4/t12?,14?,15-,16?,18-,19?,20+;;;/m0.../s1. The van der Waals surface area contributed by atoms with Crippen LogP contribution in [0.1, 0.15) is 68.2 Å². The van der Waals surface area contributed by atoms with E-state index in [0.717, 1.165) is 37.5 Å². The van der Waals surface area contributed by atoms with Crippen LogP contribution in [0.4, 0.5) is 0 Å². The number of esters is 1. The Bertz CT molecular complexity index is 687. The van der Waals surface area contributed by atoms with Gasteiger partial charge in [0.05, 0.1) is 18.8 Å². The van der Waals surface area contributed by atoms with Gasteiger partial charge in [0, 0.05) is 24.0 Å².